The van der Waals surface area contributed by atoms with Crippen LogP contribution in [0.25, 0.3) is 0 Å². The van der Waals surface area contributed by atoms with E-state index in [0.717, 1.165) is 24.9 Å². The first-order chi connectivity index (χ1) is 10.9. The van der Waals surface area contributed by atoms with E-state index in [4.69, 9.17) is 4.74 Å². The van der Waals surface area contributed by atoms with Crippen molar-refractivity contribution >= 4 is 6.29 Å². The number of benzene rings is 1. The van der Waals surface area contributed by atoms with Gasteiger partial charge in [-0.05, 0) is 77.3 Å². The zero-order valence-electron chi connectivity index (χ0n) is 14.9. The second-order valence-electron chi connectivity index (χ2n) is 6.19. The summed E-state index contributed by atoms with van der Waals surface area (Å²) in [6, 6.07) is 7.19. The summed E-state index contributed by atoms with van der Waals surface area (Å²) in [5.41, 5.74) is 4.56. The van der Waals surface area contributed by atoms with E-state index in [0.29, 0.717) is 5.56 Å². The van der Waals surface area contributed by atoms with Gasteiger partial charge >= 0.3 is 0 Å². The molecule has 124 valence electrons. The molecule has 1 rings (SSSR count). The van der Waals surface area contributed by atoms with Gasteiger partial charge in [-0.25, -0.2) is 0 Å². The maximum absolute atomic E-state index is 10.6. The van der Waals surface area contributed by atoms with Crippen molar-refractivity contribution in [1.29, 1.82) is 0 Å². The number of ether oxygens (including phenoxy) is 1. The van der Waals surface area contributed by atoms with E-state index >= 15 is 0 Å². The van der Waals surface area contributed by atoms with E-state index in [1.807, 2.05) is 19.1 Å². The minimum absolute atomic E-state index is 0.00101. The summed E-state index contributed by atoms with van der Waals surface area (Å²) in [6.45, 7) is 10.5. The van der Waals surface area contributed by atoms with E-state index in [1.165, 1.54) is 16.7 Å². The summed E-state index contributed by atoms with van der Waals surface area (Å²) in [6.07, 6.45) is 9.57. The lowest BCUT2D eigenvalue weighted by Gasteiger charge is -2.15. The van der Waals surface area contributed by atoms with Crippen LogP contribution in [0.5, 0.6) is 5.75 Å². The van der Waals surface area contributed by atoms with E-state index in [9.17, 15) is 4.79 Å². The molecule has 0 bridgehead atoms. The first kappa shape index (κ1) is 19.0. The third-order valence-electron chi connectivity index (χ3n) is 3.69. The summed E-state index contributed by atoms with van der Waals surface area (Å²) in [5.74, 6) is 0.778. The van der Waals surface area contributed by atoms with Crippen LogP contribution in [0.15, 0.2) is 59.2 Å². The molecule has 0 aliphatic carbocycles. The van der Waals surface area contributed by atoms with Gasteiger partial charge in [-0.1, -0.05) is 29.4 Å². The van der Waals surface area contributed by atoms with Gasteiger partial charge in [0.2, 0.25) is 0 Å². The predicted octanol–water partition coefficient (Wildman–Crippen LogP) is 5.91. The van der Waals surface area contributed by atoms with E-state index in [2.05, 4.69) is 45.9 Å². The number of hydrogen-bond donors (Lipinski definition) is 0. The Labute approximate surface area is 140 Å². The van der Waals surface area contributed by atoms with Crippen LogP contribution in [0.4, 0.5) is 0 Å². The minimum atomic E-state index is -0.00101. The molecule has 1 aromatic carbocycles. The predicted molar refractivity (Wildman–Crippen MR) is 98.1 cm³/mol. The SMILES string of the molecule is CC(C)=CCC/C(C)=C/C=C(\C)C(C)Oc1ccc(C=O)cc1. The van der Waals surface area contributed by atoms with Crippen molar-refractivity contribution in [2.45, 2.75) is 53.6 Å². The molecule has 0 aliphatic heterocycles. The first-order valence-corrected chi connectivity index (χ1v) is 8.11. The summed E-state index contributed by atoms with van der Waals surface area (Å²) in [4.78, 5) is 10.6. The number of carbonyl (C=O) groups excluding carboxylic acids is 1. The topological polar surface area (TPSA) is 26.3 Å². The van der Waals surface area contributed by atoms with E-state index < -0.39 is 0 Å². The van der Waals surface area contributed by atoms with Crippen molar-refractivity contribution in [1.82, 2.24) is 0 Å². The molecule has 1 atom stereocenters. The van der Waals surface area contributed by atoms with Gasteiger partial charge < -0.3 is 4.74 Å². The van der Waals surface area contributed by atoms with Crippen LogP contribution < -0.4 is 4.74 Å². The maximum Gasteiger partial charge on any atom is 0.150 e. The van der Waals surface area contributed by atoms with Gasteiger partial charge in [-0.2, -0.15) is 0 Å². The van der Waals surface area contributed by atoms with Crippen molar-refractivity contribution < 1.29 is 9.53 Å². The van der Waals surface area contributed by atoms with E-state index in [1.54, 1.807) is 12.1 Å². The van der Waals surface area contributed by atoms with Crippen LogP contribution in [0.2, 0.25) is 0 Å². The third kappa shape index (κ3) is 7.64. The molecule has 2 heteroatoms. The molecule has 0 aliphatic rings. The van der Waals surface area contributed by atoms with Crippen molar-refractivity contribution in [3.8, 4) is 5.75 Å². The largest absolute Gasteiger partial charge is 0.486 e. The van der Waals surface area contributed by atoms with Gasteiger partial charge in [0.1, 0.15) is 18.1 Å². The van der Waals surface area contributed by atoms with Crippen molar-refractivity contribution in [2.24, 2.45) is 0 Å². The molecule has 0 saturated carbocycles. The van der Waals surface area contributed by atoms with Crippen molar-refractivity contribution in [2.75, 3.05) is 0 Å². The number of allylic oxidation sites excluding steroid dienone is 5. The Morgan fingerprint density at radius 1 is 1.09 bits per heavy atom. The van der Waals surface area contributed by atoms with Crippen LogP contribution in [0.1, 0.15) is 57.8 Å². The summed E-state index contributed by atoms with van der Waals surface area (Å²) in [5, 5.41) is 0. The van der Waals surface area contributed by atoms with Gasteiger partial charge in [-0.15, -0.1) is 0 Å². The third-order valence-corrected chi connectivity index (χ3v) is 3.69. The number of aldehydes is 1. The lowest BCUT2D eigenvalue weighted by molar-refractivity contribution is 0.112. The summed E-state index contributed by atoms with van der Waals surface area (Å²) < 4.78 is 5.90. The zero-order valence-corrected chi connectivity index (χ0v) is 14.9. The maximum atomic E-state index is 10.6. The highest BCUT2D eigenvalue weighted by atomic mass is 16.5. The molecule has 0 N–H and O–H groups in total. The normalized spacial score (nSPS) is 13.4. The minimum Gasteiger partial charge on any atom is -0.486 e. The van der Waals surface area contributed by atoms with Crippen LogP contribution in [0.3, 0.4) is 0 Å². The van der Waals surface area contributed by atoms with Gasteiger partial charge in [0.25, 0.3) is 0 Å². The molecule has 0 fully saturated rings. The number of hydrogen-bond acceptors (Lipinski definition) is 2. The van der Waals surface area contributed by atoms with Gasteiger partial charge in [0.05, 0.1) is 0 Å². The molecular formula is C21H28O2. The van der Waals surface area contributed by atoms with Crippen LogP contribution in [-0.4, -0.2) is 12.4 Å². The van der Waals surface area contributed by atoms with Crippen LogP contribution in [-0.2, 0) is 0 Å². The van der Waals surface area contributed by atoms with Crippen molar-refractivity contribution in [3.05, 3.63) is 64.8 Å². The molecule has 0 spiro atoms. The number of carbonyl (C=O) groups is 1. The smallest absolute Gasteiger partial charge is 0.150 e. The zero-order chi connectivity index (χ0) is 17.2. The Bertz CT molecular complexity index is 585. The molecular weight excluding hydrogens is 284 g/mol. The monoisotopic (exact) mass is 312 g/mol. The molecule has 0 saturated heterocycles. The van der Waals surface area contributed by atoms with Crippen molar-refractivity contribution in [3.63, 3.8) is 0 Å². The Hall–Kier alpha value is -2.09. The average molecular weight is 312 g/mol. The Kier molecular flexibility index (Phi) is 8.10. The van der Waals surface area contributed by atoms with Gasteiger partial charge in [0.15, 0.2) is 0 Å². The second kappa shape index (κ2) is 9.83. The average Bonchev–Trinajstić information content (AvgIpc) is 2.52. The molecule has 0 aromatic heterocycles. The highest BCUT2D eigenvalue weighted by Crippen LogP contribution is 2.17. The Morgan fingerprint density at radius 2 is 1.74 bits per heavy atom. The summed E-state index contributed by atoms with van der Waals surface area (Å²) in [7, 11) is 0. The van der Waals surface area contributed by atoms with Crippen LogP contribution >= 0.6 is 0 Å². The van der Waals surface area contributed by atoms with Crippen LogP contribution in [0, 0.1) is 0 Å². The standard InChI is InChI=1S/C21H28O2/c1-16(2)7-6-8-17(3)9-10-18(4)19(5)23-21-13-11-20(15-22)12-14-21/h7,9-15,19H,6,8H2,1-5H3/b17-9+,18-10+. The molecule has 2 nitrogen and oxygen atoms in total. The second-order valence-corrected chi connectivity index (χ2v) is 6.19. The number of rotatable bonds is 8. The quantitative estimate of drug-likeness (QED) is 0.339. The highest BCUT2D eigenvalue weighted by molar-refractivity contribution is 5.74. The fraction of sp³-hybridized carbons (Fsp3) is 0.381. The molecule has 1 unspecified atom stereocenters. The van der Waals surface area contributed by atoms with Gasteiger partial charge in [0, 0.05) is 5.56 Å². The lowest BCUT2D eigenvalue weighted by Crippen LogP contribution is -2.13. The van der Waals surface area contributed by atoms with Gasteiger partial charge in [-0.3, -0.25) is 4.79 Å². The lowest BCUT2D eigenvalue weighted by atomic mass is 10.1. The fourth-order valence-corrected chi connectivity index (χ4v) is 2.00. The molecule has 1 aromatic rings. The molecule has 0 radical (unpaired) electrons. The molecule has 0 heterocycles. The molecule has 23 heavy (non-hydrogen) atoms. The molecule has 0 amide bonds. The highest BCUT2D eigenvalue weighted by Gasteiger charge is 2.05. The first-order valence-electron chi connectivity index (χ1n) is 8.11. The fourth-order valence-electron chi connectivity index (χ4n) is 2.00. The summed E-state index contributed by atoms with van der Waals surface area (Å²) >= 11 is 0. The Balaban J connectivity index is 2.58. The Morgan fingerprint density at radius 3 is 2.30 bits per heavy atom. The van der Waals surface area contributed by atoms with E-state index in [-0.39, 0.29) is 6.10 Å².